The Bertz CT molecular complexity index is 449. The average molecular weight is 260 g/mol. The number of hydrogen-bond donors (Lipinski definition) is 0. The Balaban J connectivity index is 2.18. The maximum Gasteiger partial charge on any atom is 0.0148 e. The van der Waals surface area contributed by atoms with Gasteiger partial charge in [-0.15, -0.1) is 0 Å². The van der Waals surface area contributed by atoms with Crippen LogP contribution in [0.2, 0.25) is 0 Å². The molecule has 0 aromatic carbocycles. The highest BCUT2D eigenvalue weighted by Crippen LogP contribution is 2.77. The van der Waals surface area contributed by atoms with E-state index < -0.39 is 12.1 Å². The van der Waals surface area contributed by atoms with E-state index in [0.717, 1.165) is 11.6 Å². The largest absolute Gasteiger partial charge is 0.0965 e. The van der Waals surface area contributed by atoms with Crippen molar-refractivity contribution < 1.29 is 0 Å². The molecule has 14 heavy (non-hydrogen) atoms. The van der Waals surface area contributed by atoms with Crippen molar-refractivity contribution in [1.29, 1.82) is 0 Å². The van der Waals surface area contributed by atoms with Crippen molar-refractivity contribution in [2.75, 3.05) is 13.3 Å². The van der Waals surface area contributed by atoms with Crippen LogP contribution in [0.1, 0.15) is 0 Å². The third kappa shape index (κ3) is 1.02. The van der Waals surface area contributed by atoms with E-state index >= 15 is 0 Å². The summed E-state index contributed by atoms with van der Waals surface area (Å²) >= 11 is 11.6. The van der Waals surface area contributed by atoms with E-state index in [4.69, 9.17) is 23.6 Å². The fraction of sp³-hybridized carbons (Fsp3) is 0.600. The minimum Gasteiger partial charge on any atom is -0.0965 e. The maximum atomic E-state index is 5.86. The van der Waals surface area contributed by atoms with E-state index in [-0.39, 0.29) is 0 Å². The lowest BCUT2D eigenvalue weighted by molar-refractivity contribution is 0.664. The van der Waals surface area contributed by atoms with Crippen molar-refractivity contribution in [1.82, 2.24) is 0 Å². The molecule has 0 N–H and O–H groups in total. The average Bonchev–Trinajstić information content (AvgIpc) is 2.61. The van der Waals surface area contributed by atoms with E-state index in [0.29, 0.717) is 11.3 Å². The SMILES string of the molecule is CP1(=S)C=C[C@@H]2[C@H]1[C@@H]1C=C[C@H]2P1(C)=S. The topological polar surface area (TPSA) is 0 Å². The van der Waals surface area contributed by atoms with Gasteiger partial charge < -0.3 is 0 Å². The van der Waals surface area contributed by atoms with Gasteiger partial charge in [-0.1, -0.05) is 47.7 Å². The van der Waals surface area contributed by atoms with Crippen molar-refractivity contribution in [3.05, 3.63) is 24.0 Å². The molecule has 2 bridgehead atoms. The van der Waals surface area contributed by atoms with Gasteiger partial charge in [-0.05, 0) is 31.3 Å². The maximum absolute atomic E-state index is 5.86. The van der Waals surface area contributed by atoms with Crippen LogP contribution < -0.4 is 0 Å². The predicted octanol–water partition coefficient (Wildman–Crippen LogP) is 3.04. The van der Waals surface area contributed by atoms with Crippen molar-refractivity contribution in [3.8, 4) is 0 Å². The molecule has 0 aromatic heterocycles. The van der Waals surface area contributed by atoms with Gasteiger partial charge in [0.25, 0.3) is 0 Å². The van der Waals surface area contributed by atoms with Gasteiger partial charge in [0.2, 0.25) is 0 Å². The van der Waals surface area contributed by atoms with Gasteiger partial charge in [0.1, 0.15) is 0 Å². The second-order valence-corrected chi connectivity index (χ2v) is 15.9. The Hall–Kier alpha value is 0.780. The molecule has 0 aliphatic carbocycles. The molecule has 3 aliphatic heterocycles. The summed E-state index contributed by atoms with van der Waals surface area (Å²) in [6, 6.07) is -2.35. The molecule has 3 rings (SSSR count). The minimum atomic E-state index is -1.21. The lowest BCUT2D eigenvalue weighted by Gasteiger charge is -2.26. The fourth-order valence-electron chi connectivity index (χ4n) is 3.33. The van der Waals surface area contributed by atoms with Crippen LogP contribution in [0.3, 0.4) is 0 Å². The standard InChI is InChI=1S/C10H14P2S2/c1-11(13)6-5-7-8-3-4-9(10(7)11)12(8,2)14/h3-10H,1-2H3/t7-,8+,9-,10-,11?,12?/m0/s1. The van der Waals surface area contributed by atoms with E-state index in [9.17, 15) is 0 Å². The zero-order valence-electron chi connectivity index (χ0n) is 8.33. The summed E-state index contributed by atoms with van der Waals surface area (Å²) in [4.78, 5) is 0. The molecule has 0 aromatic rings. The third-order valence-corrected chi connectivity index (χ3v) is 12.8. The van der Waals surface area contributed by atoms with Crippen molar-refractivity contribution in [2.45, 2.75) is 17.0 Å². The number of allylic oxidation sites excluding steroid dienone is 3. The van der Waals surface area contributed by atoms with E-state index in [2.05, 4.69) is 37.4 Å². The highest BCUT2D eigenvalue weighted by molar-refractivity contribution is 8.18. The van der Waals surface area contributed by atoms with Gasteiger partial charge in [-0.2, -0.15) is 0 Å². The highest BCUT2D eigenvalue weighted by atomic mass is 32.4. The molecule has 76 valence electrons. The Morgan fingerprint density at radius 2 is 1.64 bits per heavy atom. The molecule has 4 heteroatoms. The van der Waals surface area contributed by atoms with E-state index in [1.54, 1.807) is 0 Å². The summed E-state index contributed by atoms with van der Waals surface area (Å²) in [5, 5.41) is 0. The highest BCUT2D eigenvalue weighted by Gasteiger charge is 2.57. The third-order valence-electron chi connectivity index (χ3n) is 4.02. The molecule has 0 saturated carbocycles. The molecule has 2 unspecified atom stereocenters. The van der Waals surface area contributed by atoms with Crippen LogP contribution >= 0.6 is 12.1 Å². The minimum absolute atomic E-state index is 0.679. The fourth-order valence-corrected chi connectivity index (χ4v) is 13.4. The van der Waals surface area contributed by atoms with Gasteiger partial charge in [0.15, 0.2) is 0 Å². The lowest BCUT2D eigenvalue weighted by atomic mass is 9.94. The second kappa shape index (κ2) is 2.72. The van der Waals surface area contributed by atoms with Crippen LogP contribution in [-0.2, 0) is 23.6 Å². The molecule has 0 radical (unpaired) electrons. The number of hydrogen-bond acceptors (Lipinski definition) is 2. The number of fused-ring (bicyclic) bond motifs is 5. The Morgan fingerprint density at radius 1 is 1.00 bits per heavy atom. The van der Waals surface area contributed by atoms with Crippen LogP contribution in [0.15, 0.2) is 24.0 Å². The van der Waals surface area contributed by atoms with E-state index in [1.165, 1.54) is 0 Å². The Morgan fingerprint density at radius 3 is 2.29 bits per heavy atom. The first-order chi connectivity index (χ1) is 6.44. The summed E-state index contributed by atoms with van der Waals surface area (Å²) in [5.74, 6) is 3.07. The summed E-state index contributed by atoms with van der Waals surface area (Å²) in [6.07, 6.45) is 7.17. The summed E-state index contributed by atoms with van der Waals surface area (Å²) in [5.41, 5.74) is 2.11. The molecule has 3 aliphatic rings. The quantitative estimate of drug-likeness (QED) is 0.485. The molecule has 0 spiro atoms. The van der Waals surface area contributed by atoms with E-state index in [1.807, 2.05) is 0 Å². The summed E-state index contributed by atoms with van der Waals surface area (Å²) in [7, 11) is 0. The lowest BCUT2D eigenvalue weighted by Crippen LogP contribution is -2.23. The van der Waals surface area contributed by atoms with Gasteiger partial charge in [-0.3, -0.25) is 0 Å². The Kier molecular flexibility index (Phi) is 1.93. The molecular weight excluding hydrogens is 246 g/mol. The van der Waals surface area contributed by atoms with Crippen LogP contribution in [0.5, 0.6) is 0 Å². The predicted molar refractivity (Wildman–Crippen MR) is 73.6 cm³/mol. The van der Waals surface area contributed by atoms with Crippen molar-refractivity contribution in [2.24, 2.45) is 5.92 Å². The molecule has 1 fully saturated rings. The second-order valence-electron chi connectivity index (χ2n) is 4.89. The van der Waals surface area contributed by atoms with Crippen LogP contribution in [-0.4, -0.2) is 30.3 Å². The van der Waals surface area contributed by atoms with Gasteiger partial charge >= 0.3 is 0 Å². The molecule has 6 atom stereocenters. The van der Waals surface area contributed by atoms with Crippen molar-refractivity contribution >= 4 is 35.7 Å². The van der Waals surface area contributed by atoms with Crippen molar-refractivity contribution in [3.63, 3.8) is 0 Å². The first-order valence-corrected chi connectivity index (χ1v) is 11.7. The summed E-state index contributed by atoms with van der Waals surface area (Å²) < 4.78 is 0. The first-order valence-electron chi connectivity index (χ1n) is 4.96. The zero-order chi connectivity index (χ0) is 10.1. The molecule has 1 saturated heterocycles. The van der Waals surface area contributed by atoms with Gasteiger partial charge in [0.05, 0.1) is 0 Å². The van der Waals surface area contributed by atoms with Crippen LogP contribution in [0.25, 0.3) is 0 Å². The van der Waals surface area contributed by atoms with Gasteiger partial charge in [0, 0.05) is 17.0 Å². The number of rotatable bonds is 0. The molecule has 0 nitrogen and oxygen atoms in total. The monoisotopic (exact) mass is 260 g/mol. The molecule has 3 heterocycles. The molecular formula is C10H14P2S2. The van der Waals surface area contributed by atoms with Crippen LogP contribution in [0.4, 0.5) is 0 Å². The zero-order valence-corrected chi connectivity index (χ0v) is 11.8. The smallest absolute Gasteiger partial charge is 0.0148 e. The Labute approximate surface area is 95.9 Å². The normalized spacial score (nSPS) is 63.6. The van der Waals surface area contributed by atoms with Crippen LogP contribution in [0, 0.1) is 5.92 Å². The first kappa shape index (κ1) is 9.97. The van der Waals surface area contributed by atoms with Gasteiger partial charge in [-0.25, -0.2) is 0 Å². The molecule has 0 amide bonds. The summed E-state index contributed by atoms with van der Waals surface area (Å²) in [6.45, 7) is 4.65.